The summed E-state index contributed by atoms with van der Waals surface area (Å²) in [7, 11) is 1.71. The zero-order chi connectivity index (χ0) is 24.4. The first-order valence-electron chi connectivity index (χ1n) is 11.0. The molecule has 0 saturated carbocycles. The summed E-state index contributed by atoms with van der Waals surface area (Å²) in [5.74, 6) is 0.426. The molecule has 0 spiro atoms. The minimum Gasteiger partial charge on any atom is -0.488 e. The molecular formula is C25H26ClN5O3. The van der Waals surface area contributed by atoms with Crippen molar-refractivity contribution in [2.75, 3.05) is 5.32 Å². The second kappa shape index (κ2) is 9.69. The molecule has 0 atom stereocenters. The van der Waals surface area contributed by atoms with Crippen LogP contribution in [0.15, 0.2) is 53.6 Å². The van der Waals surface area contributed by atoms with E-state index in [1.165, 1.54) is 0 Å². The van der Waals surface area contributed by atoms with E-state index in [0.717, 1.165) is 5.56 Å². The Hall–Kier alpha value is -3.65. The zero-order valence-corrected chi connectivity index (χ0v) is 20.3. The molecule has 3 heterocycles. The molecular weight excluding hydrogens is 454 g/mol. The first kappa shape index (κ1) is 23.5. The molecule has 1 N–H and O–H groups in total. The fourth-order valence-electron chi connectivity index (χ4n) is 3.89. The van der Waals surface area contributed by atoms with E-state index in [1.54, 1.807) is 46.8 Å². The van der Waals surface area contributed by atoms with Gasteiger partial charge in [0.25, 0.3) is 11.5 Å². The molecule has 0 aliphatic rings. The van der Waals surface area contributed by atoms with E-state index >= 15 is 0 Å². The lowest BCUT2D eigenvalue weighted by Gasteiger charge is -2.13. The number of benzene rings is 1. The summed E-state index contributed by atoms with van der Waals surface area (Å²) in [6.07, 6.45) is 3.46. The number of rotatable bonds is 7. The molecule has 1 amide bonds. The Morgan fingerprint density at radius 1 is 1.21 bits per heavy atom. The highest BCUT2D eigenvalue weighted by atomic mass is 35.5. The van der Waals surface area contributed by atoms with E-state index in [2.05, 4.69) is 10.3 Å². The summed E-state index contributed by atoms with van der Waals surface area (Å²) >= 11 is 6.15. The summed E-state index contributed by atoms with van der Waals surface area (Å²) in [4.78, 5) is 35.9. The van der Waals surface area contributed by atoms with Crippen LogP contribution in [0.25, 0.3) is 11.0 Å². The molecule has 4 rings (SSSR count). The monoisotopic (exact) mass is 479 g/mol. The van der Waals surface area contributed by atoms with Gasteiger partial charge in [0.05, 0.1) is 12.6 Å². The van der Waals surface area contributed by atoms with Gasteiger partial charge in [0, 0.05) is 36.6 Å². The predicted octanol–water partition coefficient (Wildman–Crippen LogP) is 4.43. The van der Waals surface area contributed by atoms with Crippen LogP contribution in [-0.2, 0) is 20.0 Å². The third kappa shape index (κ3) is 4.54. The van der Waals surface area contributed by atoms with E-state index < -0.39 is 5.91 Å². The number of hydrogen-bond donors (Lipinski definition) is 1. The third-order valence-electron chi connectivity index (χ3n) is 5.38. The van der Waals surface area contributed by atoms with Gasteiger partial charge in [-0.3, -0.25) is 19.1 Å². The van der Waals surface area contributed by atoms with Gasteiger partial charge >= 0.3 is 0 Å². The Kier molecular flexibility index (Phi) is 6.70. The SMILES string of the molecule is CCc1nc2c(c(OC(C)C)c(C(=O)Nc3ccncc3)n2C)c(=O)n1Cc1cccc(Cl)c1. The van der Waals surface area contributed by atoms with Crippen LogP contribution in [0.4, 0.5) is 5.69 Å². The van der Waals surface area contributed by atoms with Crippen LogP contribution in [0.3, 0.4) is 0 Å². The Labute approximate surface area is 202 Å². The lowest BCUT2D eigenvalue weighted by atomic mass is 10.2. The second-order valence-corrected chi connectivity index (χ2v) is 8.63. The lowest BCUT2D eigenvalue weighted by molar-refractivity contribution is 0.101. The molecule has 0 aliphatic heterocycles. The molecule has 0 aliphatic carbocycles. The van der Waals surface area contributed by atoms with Gasteiger partial charge in [0.1, 0.15) is 11.2 Å². The standard InChI is InChI=1S/C25H26ClN5O3/c1-5-19-29-23-20(25(33)31(19)14-16-7-6-8-17(26)13-16)22(34-15(2)3)21(30(23)4)24(32)28-18-9-11-27-12-10-18/h6-13,15H,5,14H2,1-4H3,(H,27,28,32). The van der Waals surface area contributed by atoms with Crippen LogP contribution in [-0.4, -0.2) is 31.1 Å². The summed E-state index contributed by atoms with van der Waals surface area (Å²) in [5.41, 5.74) is 1.83. The molecule has 8 nitrogen and oxygen atoms in total. The minimum absolute atomic E-state index is 0.221. The highest BCUT2D eigenvalue weighted by Crippen LogP contribution is 2.31. The molecule has 4 aromatic rings. The van der Waals surface area contributed by atoms with Crippen molar-refractivity contribution in [3.8, 4) is 5.75 Å². The number of aromatic nitrogens is 4. The maximum absolute atomic E-state index is 13.8. The molecule has 9 heteroatoms. The van der Waals surface area contributed by atoms with Crippen molar-refractivity contribution in [1.29, 1.82) is 0 Å². The molecule has 0 bridgehead atoms. The van der Waals surface area contributed by atoms with E-state index in [0.29, 0.717) is 35.1 Å². The maximum atomic E-state index is 13.8. The fraction of sp³-hybridized carbons (Fsp3) is 0.280. The summed E-state index contributed by atoms with van der Waals surface area (Å²) in [5, 5.41) is 3.72. The third-order valence-corrected chi connectivity index (χ3v) is 5.61. The molecule has 3 aromatic heterocycles. The van der Waals surface area contributed by atoms with E-state index in [4.69, 9.17) is 21.3 Å². The number of hydrogen-bond acceptors (Lipinski definition) is 5. The number of aryl methyl sites for hydroxylation is 2. The molecule has 0 radical (unpaired) electrons. The topological polar surface area (TPSA) is 91.0 Å². The number of fused-ring (bicyclic) bond motifs is 1. The maximum Gasteiger partial charge on any atom is 0.276 e. The number of amides is 1. The Balaban J connectivity index is 1.91. The van der Waals surface area contributed by atoms with Crippen molar-refractivity contribution in [1.82, 2.24) is 19.1 Å². The average molecular weight is 480 g/mol. The Morgan fingerprint density at radius 3 is 2.59 bits per heavy atom. The van der Waals surface area contributed by atoms with E-state index in [1.807, 2.05) is 39.0 Å². The van der Waals surface area contributed by atoms with Crippen LogP contribution in [0, 0.1) is 0 Å². The number of pyridine rings is 1. The average Bonchev–Trinajstić information content (AvgIpc) is 3.07. The summed E-state index contributed by atoms with van der Waals surface area (Å²) in [6, 6.07) is 10.7. The molecule has 176 valence electrons. The highest BCUT2D eigenvalue weighted by molar-refractivity contribution is 6.30. The Bertz CT molecular complexity index is 1410. The Morgan fingerprint density at radius 2 is 1.94 bits per heavy atom. The molecule has 34 heavy (non-hydrogen) atoms. The first-order valence-corrected chi connectivity index (χ1v) is 11.4. The van der Waals surface area contributed by atoms with E-state index in [-0.39, 0.29) is 28.5 Å². The molecule has 0 unspecified atom stereocenters. The van der Waals surface area contributed by atoms with Gasteiger partial charge in [-0.15, -0.1) is 0 Å². The number of nitrogens with one attached hydrogen (secondary N) is 1. The van der Waals surface area contributed by atoms with Gasteiger partial charge in [0.15, 0.2) is 17.1 Å². The van der Waals surface area contributed by atoms with Crippen LogP contribution < -0.4 is 15.6 Å². The number of anilines is 1. The van der Waals surface area contributed by atoms with Gasteiger partial charge < -0.3 is 14.6 Å². The van der Waals surface area contributed by atoms with Crippen molar-refractivity contribution >= 4 is 34.2 Å². The first-order chi connectivity index (χ1) is 16.3. The van der Waals surface area contributed by atoms with Gasteiger partial charge in [-0.05, 0) is 43.7 Å². The number of carbonyl (C=O) groups excluding carboxylic acids is 1. The quantitative estimate of drug-likeness (QED) is 0.423. The zero-order valence-electron chi connectivity index (χ0n) is 19.5. The highest BCUT2D eigenvalue weighted by Gasteiger charge is 2.28. The van der Waals surface area contributed by atoms with Crippen molar-refractivity contribution in [3.05, 3.63) is 81.3 Å². The van der Waals surface area contributed by atoms with Crippen LogP contribution in [0.2, 0.25) is 5.02 Å². The lowest BCUT2D eigenvalue weighted by Crippen LogP contribution is -2.26. The van der Waals surface area contributed by atoms with Crippen molar-refractivity contribution in [3.63, 3.8) is 0 Å². The van der Waals surface area contributed by atoms with Gasteiger partial charge in [-0.2, -0.15) is 0 Å². The van der Waals surface area contributed by atoms with Crippen LogP contribution in [0.5, 0.6) is 5.75 Å². The number of carbonyl (C=O) groups is 1. The largest absolute Gasteiger partial charge is 0.488 e. The van der Waals surface area contributed by atoms with Crippen LogP contribution >= 0.6 is 11.6 Å². The van der Waals surface area contributed by atoms with Crippen LogP contribution in [0.1, 0.15) is 42.6 Å². The van der Waals surface area contributed by atoms with Gasteiger partial charge in [0.2, 0.25) is 0 Å². The summed E-state index contributed by atoms with van der Waals surface area (Å²) in [6.45, 7) is 5.94. The summed E-state index contributed by atoms with van der Waals surface area (Å²) < 4.78 is 9.28. The number of nitrogens with zero attached hydrogens (tertiary/aromatic N) is 4. The van der Waals surface area contributed by atoms with Crippen molar-refractivity contribution in [2.45, 2.75) is 39.8 Å². The van der Waals surface area contributed by atoms with E-state index in [9.17, 15) is 9.59 Å². The molecule has 1 aromatic carbocycles. The minimum atomic E-state index is -0.402. The van der Waals surface area contributed by atoms with Crippen molar-refractivity contribution in [2.24, 2.45) is 7.05 Å². The van der Waals surface area contributed by atoms with Gasteiger partial charge in [-0.25, -0.2) is 4.98 Å². The molecule has 0 fully saturated rings. The number of halogens is 1. The predicted molar refractivity (Wildman–Crippen MR) is 133 cm³/mol. The van der Waals surface area contributed by atoms with Gasteiger partial charge in [-0.1, -0.05) is 30.7 Å². The van der Waals surface area contributed by atoms with Crippen molar-refractivity contribution < 1.29 is 9.53 Å². The fourth-order valence-corrected chi connectivity index (χ4v) is 4.10. The normalized spacial score (nSPS) is 11.2. The molecule has 0 saturated heterocycles. The second-order valence-electron chi connectivity index (χ2n) is 8.19. The smallest absolute Gasteiger partial charge is 0.276 e. The number of ether oxygens (including phenoxy) is 1.